The normalized spacial score (nSPS) is 14.7. The van der Waals surface area contributed by atoms with Gasteiger partial charge in [-0.1, -0.05) is 19.8 Å². The second-order valence-electron chi connectivity index (χ2n) is 6.94. The lowest BCUT2D eigenvalue weighted by molar-refractivity contribution is -0.129. The highest BCUT2D eigenvalue weighted by molar-refractivity contribution is 5.74. The molecule has 138 valence electrons. The number of pyridine rings is 1. The Hall–Kier alpha value is -2.50. The standard InChI is InChI=1S/C20H27N5O/c1-4-5-7-14(2)22-20-17-9-11-25(15(3)26)13-18(17)23-19(24-20)16-8-6-10-21-12-16/h6,8,10,12,14H,4-5,7,9,11,13H2,1-3H3,(H,22,23,24)/t14-/m1/s1. The van der Waals surface area contributed by atoms with Crippen molar-refractivity contribution in [1.82, 2.24) is 19.9 Å². The number of nitrogens with one attached hydrogen (secondary N) is 1. The van der Waals surface area contributed by atoms with Gasteiger partial charge >= 0.3 is 0 Å². The zero-order valence-electron chi connectivity index (χ0n) is 15.8. The van der Waals surface area contributed by atoms with Crippen LogP contribution in [0.15, 0.2) is 24.5 Å². The van der Waals surface area contributed by atoms with E-state index in [1.165, 1.54) is 12.8 Å². The number of aromatic nitrogens is 3. The molecular weight excluding hydrogens is 326 g/mol. The zero-order valence-corrected chi connectivity index (χ0v) is 15.8. The quantitative estimate of drug-likeness (QED) is 0.861. The third kappa shape index (κ3) is 4.18. The molecule has 1 atom stereocenters. The van der Waals surface area contributed by atoms with E-state index in [0.717, 1.165) is 42.0 Å². The number of hydrogen-bond acceptors (Lipinski definition) is 5. The fourth-order valence-corrected chi connectivity index (χ4v) is 3.26. The van der Waals surface area contributed by atoms with Crippen LogP contribution in [0.5, 0.6) is 0 Å². The second-order valence-corrected chi connectivity index (χ2v) is 6.94. The largest absolute Gasteiger partial charge is 0.367 e. The van der Waals surface area contributed by atoms with E-state index >= 15 is 0 Å². The predicted molar refractivity (Wildman–Crippen MR) is 103 cm³/mol. The highest BCUT2D eigenvalue weighted by Gasteiger charge is 2.24. The fraction of sp³-hybridized carbons (Fsp3) is 0.500. The summed E-state index contributed by atoms with van der Waals surface area (Å²) in [6.07, 6.45) is 7.78. The number of unbranched alkanes of at least 4 members (excludes halogenated alkanes) is 1. The first kappa shape index (κ1) is 18.3. The van der Waals surface area contributed by atoms with Crippen LogP contribution in [0.25, 0.3) is 11.4 Å². The van der Waals surface area contributed by atoms with Crippen LogP contribution in [0.2, 0.25) is 0 Å². The summed E-state index contributed by atoms with van der Waals surface area (Å²) in [5, 5.41) is 3.58. The van der Waals surface area contributed by atoms with Crippen molar-refractivity contribution >= 4 is 11.7 Å². The summed E-state index contributed by atoms with van der Waals surface area (Å²) in [6.45, 7) is 7.27. The third-order valence-corrected chi connectivity index (χ3v) is 4.80. The van der Waals surface area contributed by atoms with Crippen LogP contribution in [0.3, 0.4) is 0 Å². The molecule has 1 aliphatic rings. The van der Waals surface area contributed by atoms with Crippen molar-refractivity contribution < 1.29 is 4.79 Å². The molecule has 0 radical (unpaired) electrons. The van der Waals surface area contributed by atoms with Crippen LogP contribution in [0.1, 0.15) is 51.3 Å². The van der Waals surface area contributed by atoms with Crippen molar-refractivity contribution in [2.24, 2.45) is 0 Å². The molecule has 1 N–H and O–H groups in total. The Kier molecular flexibility index (Phi) is 5.81. The molecule has 26 heavy (non-hydrogen) atoms. The Bertz CT molecular complexity index is 762. The van der Waals surface area contributed by atoms with E-state index in [4.69, 9.17) is 9.97 Å². The lowest BCUT2D eigenvalue weighted by atomic mass is 10.0. The van der Waals surface area contributed by atoms with Crippen LogP contribution < -0.4 is 5.32 Å². The summed E-state index contributed by atoms with van der Waals surface area (Å²) in [5.41, 5.74) is 2.96. The third-order valence-electron chi connectivity index (χ3n) is 4.80. The Balaban J connectivity index is 1.96. The van der Waals surface area contributed by atoms with Gasteiger partial charge in [0.1, 0.15) is 5.82 Å². The Morgan fingerprint density at radius 1 is 1.38 bits per heavy atom. The Labute approximate surface area is 155 Å². The van der Waals surface area contributed by atoms with Crippen LogP contribution in [-0.2, 0) is 17.8 Å². The summed E-state index contributed by atoms with van der Waals surface area (Å²) < 4.78 is 0. The molecule has 0 saturated heterocycles. The lowest BCUT2D eigenvalue weighted by Gasteiger charge is -2.29. The van der Waals surface area contributed by atoms with Gasteiger partial charge in [-0.05, 0) is 31.9 Å². The molecule has 0 spiro atoms. The molecule has 0 aromatic carbocycles. The maximum Gasteiger partial charge on any atom is 0.219 e. The minimum atomic E-state index is 0.0861. The number of carbonyl (C=O) groups excluding carboxylic acids is 1. The first-order valence-electron chi connectivity index (χ1n) is 9.40. The first-order valence-corrected chi connectivity index (χ1v) is 9.40. The van der Waals surface area contributed by atoms with Gasteiger partial charge in [-0.15, -0.1) is 0 Å². The van der Waals surface area contributed by atoms with Gasteiger partial charge in [0.15, 0.2) is 5.82 Å². The maximum atomic E-state index is 11.8. The molecule has 6 heteroatoms. The Morgan fingerprint density at radius 3 is 2.92 bits per heavy atom. The minimum Gasteiger partial charge on any atom is -0.367 e. The van der Waals surface area contributed by atoms with Gasteiger partial charge in [0.25, 0.3) is 0 Å². The molecule has 0 unspecified atom stereocenters. The molecule has 3 heterocycles. The first-order chi connectivity index (χ1) is 12.6. The Morgan fingerprint density at radius 2 is 2.23 bits per heavy atom. The summed E-state index contributed by atoms with van der Waals surface area (Å²) >= 11 is 0. The van der Waals surface area contributed by atoms with Crippen molar-refractivity contribution in [2.45, 2.75) is 59.0 Å². The monoisotopic (exact) mass is 353 g/mol. The van der Waals surface area contributed by atoms with Crippen molar-refractivity contribution in [3.8, 4) is 11.4 Å². The highest BCUT2D eigenvalue weighted by Crippen LogP contribution is 2.27. The van der Waals surface area contributed by atoms with Gasteiger partial charge in [-0.2, -0.15) is 0 Å². The van der Waals surface area contributed by atoms with Gasteiger partial charge in [0.2, 0.25) is 5.91 Å². The molecule has 0 saturated carbocycles. The number of carbonyl (C=O) groups is 1. The minimum absolute atomic E-state index is 0.0861. The van der Waals surface area contributed by atoms with Crippen LogP contribution in [-0.4, -0.2) is 38.3 Å². The summed E-state index contributed by atoms with van der Waals surface area (Å²) in [7, 11) is 0. The number of fused-ring (bicyclic) bond motifs is 1. The number of hydrogen-bond donors (Lipinski definition) is 1. The van der Waals surface area contributed by atoms with E-state index in [9.17, 15) is 4.79 Å². The molecule has 0 bridgehead atoms. The smallest absolute Gasteiger partial charge is 0.219 e. The lowest BCUT2D eigenvalue weighted by Crippen LogP contribution is -2.35. The van der Waals surface area contributed by atoms with E-state index in [-0.39, 0.29) is 5.91 Å². The molecule has 2 aromatic heterocycles. The fourth-order valence-electron chi connectivity index (χ4n) is 3.26. The van der Waals surface area contributed by atoms with E-state index in [1.54, 1.807) is 19.3 Å². The van der Waals surface area contributed by atoms with E-state index in [0.29, 0.717) is 18.4 Å². The van der Waals surface area contributed by atoms with Gasteiger partial charge < -0.3 is 10.2 Å². The van der Waals surface area contributed by atoms with Gasteiger partial charge in [-0.3, -0.25) is 9.78 Å². The molecule has 3 rings (SSSR count). The molecular formula is C20H27N5O. The maximum absolute atomic E-state index is 11.8. The van der Waals surface area contributed by atoms with Crippen LogP contribution in [0.4, 0.5) is 5.82 Å². The van der Waals surface area contributed by atoms with Crippen molar-refractivity contribution in [3.05, 3.63) is 35.8 Å². The van der Waals surface area contributed by atoms with Crippen LogP contribution >= 0.6 is 0 Å². The van der Waals surface area contributed by atoms with Gasteiger partial charge in [0.05, 0.1) is 12.2 Å². The summed E-state index contributed by atoms with van der Waals surface area (Å²) in [4.78, 5) is 27.4. The molecule has 2 aromatic rings. The molecule has 0 aliphatic carbocycles. The molecule has 1 aliphatic heterocycles. The number of rotatable bonds is 6. The molecule has 1 amide bonds. The predicted octanol–water partition coefficient (Wildman–Crippen LogP) is 3.43. The number of nitrogens with zero attached hydrogens (tertiary/aromatic N) is 4. The van der Waals surface area contributed by atoms with Crippen molar-refractivity contribution in [3.63, 3.8) is 0 Å². The second kappa shape index (κ2) is 8.25. The number of anilines is 1. The van der Waals surface area contributed by atoms with E-state index in [2.05, 4.69) is 24.1 Å². The average Bonchev–Trinajstić information content (AvgIpc) is 2.66. The van der Waals surface area contributed by atoms with E-state index < -0.39 is 0 Å². The van der Waals surface area contributed by atoms with Crippen LogP contribution in [0, 0.1) is 0 Å². The number of amides is 1. The molecule has 0 fully saturated rings. The molecule has 6 nitrogen and oxygen atoms in total. The average molecular weight is 353 g/mol. The topological polar surface area (TPSA) is 71.0 Å². The summed E-state index contributed by atoms with van der Waals surface area (Å²) in [6, 6.07) is 4.20. The summed E-state index contributed by atoms with van der Waals surface area (Å²) in [5.74, 6) is 1.65. The van der Waals surface area contributed by atoms with E-state index in [1.807, 2.05) is 17.0 Å². The van der Waals surface area contributed by atoms with Gasteiger partial charge in [-0.25, -0.2) is 9.97 Å². The highest BCUT2D eigenvalue weighted by atomic mass is 16.2. The zero-order chi connectivity index (χ0) is 18.5. The van der Waals surface area contributed by atoms with Crippen molar-refractivity contribution in [1.29, 1.82) is 0 Å². The van der Waals surface area contributed by atoms with Gasteiger partial charge in [0, 0.05) is 43.0 Å². The van der Waals surface area contributed by atoms with Crippen molar-refractivity contribution in [2.75, 3.05) is 11.9 Å². The SMILES string of the molecule is CCCC[C@@H](C)Nc1nc(-c2cccnc2)nc2c1CCN(C(C)=O)C2.